The van der Waals surface area contributed by atoms with E-state index < -0.39 is 0 Å². The van der Waals surface area contributed by atoms with E-state index in [-0.39, 0.29) is 23.0 Å². The Morgan fingerprint density at radius 3 is 2.51 bits per heavy atom. The SMILES string of the molecule is CCN(CC)CCCCNc1ncc(C(=O)Nc2c(C)cccc2C)c(Oc2cccc3c2OC(C)(C)C3)n1. The highest BCUT2D eigenvalue weighted by Crippen LogP contribution is 2.43. The van der Waals surface area contributed by atoms with Crippen molar-refractivity contribution in [1.82, 2.24) is 14.9 Å². The number of anilines is 2. The summed E-state index contributed by atoms with van der Waals surface area (Å²) in [6.07, 6.45) is 4.37. The molecular weight excluding hydrogens is 490 g/mol. The summed E-state index contributed by atoms with van der Waals surface area (Å²) < 4.78 is 12.5. The van der Waals surface area contributed by atoms with Gasteiger partial charge in [-0.3, -0.25) is 4.79 Å². The molecule has 0 saturated carbocycles. The molecule has 39 heavy (non-hydrogen) atoms. The van der Waals surface area contributed by atoms with Crippen LogP contribution in [-0.2, 0) is 6.42 Å². The second kappa shape index (κ2) is 12.5. The number of carbonyl (C=O) groups excluding carboxylic acids is 1. The molecule has 3 aromatic rings. The number of amides is 1. The lowest BCUT2D eigenvalue weighted by Crippen LogP contribution is -2.24. The summed E-state index contributed by atoms with van der Waals surface area (Å²) in [5, 5.41) is 6.33. The maximum atomic E-state index is 13.5. The van der Waals surface area contributed by atoms with Gasteiger partial charge >= 0.3 is 0 Å². The number of aromatic nitrogens is 2. The largest absolute Gasteiger partial charge is 0.483 e. The molecule has 2 heterocycles. The third kappa shape index (κ3) is 7.06. The van der Waals surface area contributed by atoms with Gasteiger partial charge in [0.25, 0.3) is 5.91 Å². The first kappa shape index (κ1) is 28.4. The number of carbonyl (C=O) groups is 1. The predicted molar refractivity (Wildman–Crippen MR) is 156 cm³/mol. The lowest BCUT2D eigenvalue weighted by atomic mass is 10.0. The van der Waals surface area contributed by atoms with E-state index in [9.17, 15) is 4.79 Å². The monoisotopic (exact) mass is 531 g/mol. The summed E-state index contributed by atoms with van der Waals surface area (Å²) in [6, 6.07) is 11.7. The van der Waals surface area contributed by atoms with Crippen molar-refractivity contribution in [2.75, 3.05) is 36.8 Å². The number of hydrogen-bond acceptors (Lipinski definition) is 7. The highest BCUT2D eigenvalue weighted by atomic mass is 16.5. The first-order chi connectivity index (χ1) is 18.7. The molecule has 1 amide bonds. The Balaban J connectivity index is 1.57. The van der Waals surface area contributed by atoms with Crippen molar-refractivity contribution in [3.63, 3.8) is 0 Å². The Kier molecular flexibility index (Phi) is 9.07. The van der Waals surface area contributed by atoms with Crippen molar-refractivity contribution in [3.8, 4) is 17.4 Å². The summed E-state index contributed by atoms with van der Waals surface area (Å²) in [5.74, 6) is 1.49. The molecular formula is C31H41N5O3. The fourth-order valence-electron chi connectivity index (χ4n) is 4.85. The zero-order valence-corrected chi connectivity index (χ0v) is 24.1. The third-order valence-corrected chi connectivity index (χ3v) is 7.06. The minimum Gasteiger partial charge on any atom is -0.483 e. The molecule has 0 atom stereocenters. The molecule has 1 aliphatic rings. The molecule has 4 rings (SSSR count). The van der Waals surface area contributed by atoms with Crippen LogP contribution in [-0.4, -0.2) is 52.6 Å². The molecule has 1 aromatic heterocycles. The van der Waals surface area contributed by atoms with Crippen LogP contribution >= 0.6 is 0 Å². The van der Waals surface area contributed by atoms with E-state index in [1.807, 2.05) is 64.1 Å². The average Bonchev–Trinajstić information content (AvgIpc) is 3.23. The number of fused-ring (bicyclic) bond motifs is 1. The lowest BCUT2D eigenvalue weighted by molar-refractivity contribution is 0.102. The number of unbranched alkanes of at least 4 members (excludes halogenated alkanes) is 1. The normalized spacial score (nSPS) is 13.6. The number of hydrogen-bond donors (Lipinski definition) is 2. The van der Waals surface area contributed by atoms with E-state index in [2.05, 4.69) is 39.3 Å². The molecule has 0 saturated heterocycles. The highest BCUT2D eigenvalue weighted by Gasteiger charge is 2.33. The van der Waals surface area contributed by atoms with Crippen LogP contribution < -0.4 is 20.1 Å². The van der Waals surface area contributed by atoms with Crippen LogP contribution in [0.4, 0.5) is 11.6 Å². The minimum atomic E-state index is -0.331. The van der Waals surface area contributed by atoms with Gasteiger partial charge in [0.15, 0.2) is 11.5 Å². The number of aryl methyl sites for hydroxylation is 2. The zero-order chi connectivity index (χ0) is 28.0. The molecule has 2 aromatic carbocycles. The van der Waals surface area contributed by atoms with Crippen molar-refractivity contribution < 1.29 is 14.3 Å². The van der Waals surface area contributed by atoms with Gasteiger partial charge in [-0.05, 0) is 77.4 Å². The Morgan fingerprint density at radius 1 is 1.08 bits per heavy atom. The van der Waals surface area contributed by atoms with Gasteiger partial charge in [-0.15, -0.1) is 0 Å². The van der Waals surface area contributed by atoms with Crippen molar-refractivity contribution in [1.29, 1.82) is 0 Å². The molecule has 0 aliphatic carbocycles. The van der Waals surface area contributed by atoms with Crippen LogP contribution in [0.2, 0.25) is 0 Å². The highest BCUT2D eigenvalue weighted by molar-refractivity contribution is 6.06. The zero-order valence-electron chi connectivity index (χ0n) is 24.1. The van der Waals surface area contributed by atoms with E-state index in [0.717, 1.165) is 67.8 Å². The Morgan fingerprint density at radius 2 is 1.79 bits per heavy atom. The molecule has 208 valence electrons. The molecule has 0 radical (unpaired) electrons. The maximum absolute atomic E-state index is 13.5. The van der Waals surface area contributed by atoms with Gasteiger partial charge in [-0.1, -0.05) is 44.2 Å². The van der Waals surface area contributed by atoms with Crippen molar-refractivity contribution in [3.05, 3.63) is 64.8 Å². The Hall–Kier alpha value is -3.65. The summed E-state index contributed by atoms with van der Waals surface area (Å²) in [7, 11) is 0. The Labute approximate surface area is 232 Å². The average molecular weight is 532 g/mol. The third-order valence-electron chi connectivity index (χ3n) is 7.06. The van der Waals surface area contributed by atoms with Crippen molar-refractivity contribution in [2.45, 2.75) is 66.4 Å². The van der Waals surface area contributed by atoms with Gasteiger partial charge in [0, 0.05) is 30.4 Å². The first-order valence-electron chi connectivity index (χ1n) is 13.9. The second-order valence-electron chi connectivity index (χ2n) is 10.7. The molecule has 0 fully saturated rings. The van der Waals surface area contributed by atoms with Crippen LogP contribution in [0.3, 0.4) is 0 Å². The van der Waals surface area contributed by atoms with Crippen molar-refractivity contribution >= 4 is 17.5 Å². The topological polar surface area (TPSA) is 88.6 Å². The fraction of sp³-hybridized carbons (Fsp3) is 0.452. The smallest absolute Gasteiger partial charge is 0.262 e. The number of nitrogens with one attached hydrogen (secondary N) is 2. The molecule has 0 bridgehead atoms. The number of rotatable bonds is 12. The molecule has 0 unspecified atom stereocenters. The van der Waals surface area contributed by atoms with Crippen molar-refractivity contribution in [2.24, 2.45) is 0 Å². The number of nitrogens with zero attached hydrogens (tertiary/aromatic N) is 3. The van der Waals surface area contributed by atoms with Gasteiger partial charge in [0.05, 0.1) is 0 Å². The lowest BCUT2D eigenvalue weighted by Gasteiger charge is -2.19. The van der Waals surface area contributed by atoms with E-state index in [1.54, 1.807) is 0 Å². The number of ether oxygens (including phenoxy) is 2. The molecule has 8 nitrogen and oxygen atoms in total. The Bertz CT molecular complexity index is 1280. The van der Waals surface area contributed by atoms with E-state index >= 15 is 0 Å². The maximum Gasteiger partial charge on any atom is 0.262 e. The van der Waals surface area contributed by atoms with E-state index in [0.29, 0.717) is 17.4 Å². The van der Waals surface area contributed by atoms with Crippen LogP contribution in [0.1, 0.15) is 67.6 Å². The summed E-state index contributed by atoms with van der Waals surface area (Å²) >= 11 is 0. The van der Waals surface area contributed by atoms with Crippen LogP contribution in [0.25, 0.3) is 0 Å². The van der Waals surface area contributed by atoms with E-state index in [4.69, 9.17) is 9.47 Å². The first-order valence-corrected chi connectivity index (χ1v) is 13.9. The minimum absolute atomic E-state index is 0.182. The van der Waals surface area contributed by atoms with Crippen LogP contribution in [0, 0.1) is 13.8 Å². The molecule has 8 heteroatoms. The molecule has 0 spiro atoms. The van der Waals surface area contributed by atoms with Gasteiger partial charge in [0.2, 0.25) is 11.8 Å². The number of para-hydroxylation sites is 2. The van der Waals surface area contributed by atoms with Crippen LogP contribution in [0.15, 0.2) is 42.6 Å². The summed E-state index contributed by atoms with van der Waals surface area (Å²) in [6.45, 7) is 16.3. The number of benzene rings is 2. The fourth-order valence-corrected chi connectivity index (χ4v) is 4.85. The van der Waals surface area contributed by atoms with Gasteiger partial charge in [0.1, 0.15) is 11.2 Å². The quantitative estimate of drug-likeness (QED) is 0.262. The molecule has 1 aliphatic heterocycles. The van der Waals surface area contributed by atoms with Gasteiger partial charge in [-0.25, -0.2) is 4.98 Å². The second-order valence-corrected chi connectivity index (χ2v) is 10.7. The van der Waals surface area contributed by atoms with Gasteiger partial charge < -0.3 is 25.0 Å². The van der Waals surface area contributed by atoms with E-state index in [1.165, 1.54) is 6.20 Å². The summed E-state index contributed by atoms with van der Waals surface area (Å²) in [4.78, 5) is 25.0. The summed E-state index contributed by atoms with van der Waals surface area (Å²) in [5.41, 5.74) is 3.72. The predicted octanol–water partition coefficient (Wildman–Crippen LogP) is 6.39. The molecule has 2 N–H and O–H groups in total. The van der Waals surface area contributed by atoms with Crippen LogP contribution in [0.5, 0.6) is 17.4 Å². The standard InChI is InChI=1S/C31H41N5O3/c1-7-36(8-2)18-10-9-17-32-30-33-20-24(28(37)34-26-21(3)13-11-14-22(26)4)29(35-30)38-25-16-12-15-23-19-31(5,6)39-27(23)25/h11-16,20H,7-10,17-19H2,1-6H3,(H,34,37)(H,32,33,35). The van der Waals surface area contributed by atoms with Gasteiger partial charge in [-0.2, -0.15) is 4.98 Å².